The van der Waals surface area contributed by atoms with Gasteiger partial charge >= 0.3 is 0 Å². The number of hydrogen-bond acceptors (Lipinski definition) is 6. The van der Waals surface area contributed by atoms with Crippen molar-refractivity contribution in [2.24, 2.45) is 0 Å². The number of imidazole rings is 3. The van der Waals surface area contributed by atoms with Crippen LogP contribution in [0.15, 0.2) is 365 Å². The molecule has 0 saturated carbocycles. The van der Waals surface area contributed by atoms with Crippen LogP contribution in [0.1, 0.15) is 143 Å². The van der Waals surface area contributed by atoms with E-state index in [-0.39, 0.29) is 0 Å². The Morgan fingerprint density at radius 3 is 0.707 bits per heavy atom. The Labute approximate surface area is 716 Å². The standard InChI is InChI=1S/C114H87N9/c1-4-7-28-73-49-55-76(56-50-73)121-97-40-19-10-31-85(97)112(86-32-11-20-41-98(86)121)91-67-79(118-70-115-94-37-16-25-46-103(94)118)61-64-82(91)106-109(112)107-83-65-62-80(119-71-116-95-38-17-26-47-104(95)119)68-92(83)113(87-33-12-21-42-99(87)122(100-43-22-13-34-88(100)113)77-57-51-74(52-58-77)29-8-5-2)111(107)108-84-66-63-81(120-72-117-96-39-18-27-48-105(96)120)69-93(84)114(110(106)108)89-35-14-23-44-101(89)123(102-45-24-15-36-90(102)114)78-59-53-75(54-60-78)30-9-6-3/h10-27,31-72H,4-9,28-30H2,1-3H3. The van der Waals surface area contributed by atoms with E-state index in [2.05, 4.69) is 395 Å². The molecule has 6 aliphatic rings. The third-order valence-electron chi connectivity index (χ3n) is 28.2. The Morgan fingerprint density at radius 2 is 0.455 bits per heavy atom. The molecule has 25 rings (SSSR count). The van der Waals surface area contributed by atoms with Crippen molar-refractivity contribution in [1.82, 2.24) is 28.7 Å². The number of hydrogen-bond donors (Lipinski definition) is 0. The lowest BCUT2D eigenvalue weighted by Gasteiger charge is -2.48. The van der Waals surface area contributed by atoms with Crippen molar-refractivity contribution in [2.45, 2.75) is 94.8 Å². The highest BCUT2D eigenvalue weighted by molar-refractivity contribution is 6.14. The number of aryl methyl sites for hydroxylation is 3. The number of nitrogens with zero attached hydrogens (tertiary/aromatic N) is 9. The van der Waals surface area contributed by atoms with Gasteiger partial charge in [-0.2, -0.15) is 0 Å². The van der Waals surface area contributed by atoms with Gasteiger partial charge in [0.1, 0.15) is 19.0 Å². The van der Waals surface area contributed by atoms with Crippen LogP contribution in [0.25, 0.3) is 83.5 Å². The summed E-state index contributed by atoms with van der Waals surface area (Å²) < 4.78 is 6.99. The topological polar surface area (TPSA) is 63.2 Å². The number of aromatic nitrogens is 6. The van der Waals surface area contributed by atoms with Gasteiger partial charge < -0.3 is 14.7 Å². The summed E-state index contributed by atoms with van der Waals surface area (Å²) in [6.07, 6.45) is 16.0. The smallest absolute Gasteiger partial charge is 0.100 e. The quantitative estimate of drug-likeness (QED) is 0.102. The lowest BCUT2D eigenvalue weighted by molar-refractivity contribution is 0.726. The first-order chi connectivity index (χ1) is 60.9. The molecule has 0 saturated heterocycles. The maximum Gasteiger partial charge on any atom is 0.100 e. The second kappa shape index (κ2) is 27.4. The van der Waals surface area contributed by atoms with E-state index in [0.717, 1.165) is 159 Å². The predicted octanol–water partition coefficient (Wildman–Crippen LogP) is 28.2. The molecule has 0 radical (unpaired) electrons. The summed E-state index contributed by atoms with van der Waals surface area (Å²) in [5.74, 6) is 0. The molecule has 123 heavy (non-hydrogen) atoms. The fraction of sp³-hybridized carbons (Fsp3) is 0.132. The zero-order valence-electron chi connectivity index (χ0n) is 69.0. The molecular formula is C114H87N9. The first-order valence-corrected chi connectivity index (χ1v) is 44.1. The van der Waals surface area contributed by atoms with Crippen LogP contribution in [0.5, 0.6) is 0 Å². The zero-order valence-corrected chi connectivity index (χ0v) is 69.0. The highest BCUT2D eigenvalue weighted by Crippen LogP contribution is 2.78. The van der Waals surface area contributed by atoms with Crippen molar-refractivity contribution >= 4 is 84.3 Å². The maximum atomic E-state index is 5.20. The van der Waals surface area contributed by atoms with E-state index in [1.54, 1.807) is 0 Å². The number of fused-ring (bicyclic) bond motifs is 33. The normalized spacial score (nSPS) is 14.4. The minimum atomic E-state index is -1.09. The van der Waals surface area contributed by atoms with Gasteiger partial charge in [-0.1, -0.05) is 240 Å². The third kappa shape index (κ3) is 9.81. The van der Waals surface area contributed by atoms with Gasteiger partial charge in [0.2, 0.25) is 0 Å². The van der Waals surface area contributed by atoms with Crippen molar-refractivity contribution in [3.63, 3.8) is 0 Å². The molecule has 19 aromatic rings. The lowest BCUT2D eigenvalue weighted by Crippen LogP contribution is -2.39. The highest BCUT2D eigenvalue weighted by Gasteiger charge is 2.65. The highest BCUT2D eigenvalue weighted by atomic mass is 15.2. The van der Waals surface area contributed by atoms with E-state index in [9.17, 15) is 0 Å². The molecule has 9 nitrogen and oxygen atoms in total. The van der Waals surface area contributed by atoms with Crippen LogP contribution in [0, 0.1) is 0 Å². The summed E-state index contributed by atoms with van der Waals surface area (Å²) >= 11 is 0. The lowest BCUT2D eigenvalue weighted by atomic mass is 9.58. The van der Waals surface area contributed by atoms with Crippen LogP contribution < -0.4 is 14.7 Å². The van der Waals surface area contributed by atoms with Crippen molar-refractivity contribution in [1.29, 1.82) is 0 Å². The summed E-state index contributed by atoms with van der Waals surface area (Å²) in [6, 6.07) is 134. The van der Waals surface area contributed by atoms with Gasteiger partial charge in [0.25, 0.3) is 0 Å². The molecule has 0 bridgehead atoms. The Kier molecular flexibility index (Phi) is 15.9. The van der Waals surface area contributed by atoms with Gasteiger partial charge in [0.05, 0.1) is 83.5 Å². The molecule has 0 N–H and O–H groups in total. The van der Waals surface area contributed by atoms with E-state index in [4.69, 9.17) is 15.0 Å². The van der Waals surface area contributed by atoms with Crippen LogP contribution in [0.2, 0.25) is 0 Å². The molecule has 0 atom stereocenters. The number of anilines is 9. The Bertz CT molecular complexity index is 6690. The van der Waals surface area contributed by atoms with E-state index >= 15 is 0 Å². The van der Waals surface area contributed by atoms with E-state index in [0.29, 0.717) is 0 Å². The fourth-order valence-corrected chi connectivity index (χ4v) is 23.0. The molecule has 16 aromatic carbocycles. The first kappa shape index (κ1) is 71.3. The largest absolute Gasteiger partial charge is 0.310 e. The van der Waals surface area contributed by atoms with Crippen LogP contribution in [-0.4, -0.2) is 28.7 Å². The van der Waals surface area contributed by atoms with E-state index in [1.807, 2.05) is 19.0 Å². The van der Waals surface area contributed by atoms with E-state index < -0.39 is 16.2 Å². The minimum Gasteiger partial charge on any atom is -0.310 e. The predicted molar refractivity (Wildman–Crippen MR) is 503 cm³/mol. The van der Waals surface area contributed by atoms with Crippen LogP contribution in [0.3, 0.4) is 0 Å². The summed E-state index contributed by atoms with van der Waals surface area (Å²) in [5.41, 5.74) is 41.8. The monoisotopic (exact) mass is 1580 g/mol. The number of unbranched alkanes of at least 4 members (excludes halogenated alkanes) is 3. The summed E-state index contributed by atoms with van der Waals surface area (Å²) in [7, 11) is 0. The van der Waals surface area contributed by atoms with Crippen LogP contribution in [0.4, 0.5) is 51.2 Å². The number of benzene rings is 16. The molecule has 3 spiro atoms. The Morgan fingerprint density at radius 1 is 0.228 bits per heavy atom. The average Bonchev–Trinajstić information content (AvgIpc) is 1.45. The molecule has 3 aliphatic carbocycles. The van der Waals surface area contributed by atoms with Crippen molar-refractivity contribution in [3.05, 3.63) is 448 Å². The van der Waals surface area contributed by atoms with Crippen molar-refractivity contribution < 1.29 is 0 Å². The van der Waals surface area contributed by atoms with Gasteiger partial charge in [0, 0.05) is 34.1 Å². The SMILES string of the molecule is CCCCc1ccc(N2c3ccccc3C3(c4cc(-n5cnc6ccccc65)ccc4-c4c3c3c(c5c4C4(c6cc(-n7cnc8ccccc87)ccc6-5)c5ccccc5N(c5ccc(CCCC)cc5)c5ccccc54)C4(c5cc(-n6cnc7ccccc76)ccc5-3)c3ccccc3N(c3ccc(CCCC)cc3)c3ccccc34)c3ccccc32)cc1. The maximum absolute atomic E-state index is 5.20. The van der Waals surface area contributed by atoms with Crippen LogP contribution in [-0.2, 0) is 35.5 Å². The number of rotatable bonds is 15. The first-order valence-electron chi connectivity index (χ1n) is 44.1. The Balaban J connectivity index is 0.910. The van der Waals surface area contributed by atoms with Crippen molar-refractivity contribution in [3.8, 4) is 50.4 Å². The molecule has 0 unspecified atom stereocenters. The average molecular weight is 1580 g/mol. The summed E-state index contributed by atoms with van der Waals surface area (Å²) in [6.45, 7) is 6.87. The summed E-state index contributed by atoms with van der Waals surface area (Å²) in [5, 5.41) is 0. The second-order valence-electron chi connectivity index (χ2n) is 34.4. The van der Waals surface area contributed by atoms with Gasteiger partial charge in [-0.3, -0.25) is 13.7 Å². The summed E-state index contributed by atoms with van der Waals surface area (Å²) in [4.78, 5) is 23.4. The van der Waals surface area contributed by atoms with Gasteiger partial charge in [-0.25, -0.2) is 15.0 Å². The molecule has 9 heteroatoms. The Hall–Kier alpha value is -14.7. The molecule has 6 heterocycles. The van der Waals surface area contributed by atoms with Gasteiger partial charge in [0.15, 0.2) is 0 Å². The molecule has 3 aromatic heterocycles. The van der Waals surface area contributed by atoms with Crippen molar-refractivity contribution in [2.75, 3.05) is 14.7 Å². The second-order valence-corrected chi connectivity index (χ2v) is 34.4. The zero-order chi connectivity index (χ0) is 81.4. The van der Waals surface area contributed by atoms with E-state index in [1.165, 1.54) is 117 Å². The molecule has 0 amide bonds. The minimum absolute atomic E-state index is 0.941. The number of para-hydroxylation sites is 12. The van der Waals surface area contributed by atoms with Gasteiger partial charge in [-0.15, -0.1) is 0 Å². The molecule has 588 valence electrons. The third-order valence-corrected chi connectivity index (χ3v) is 28.2. The molecule has 3 aliphatic heterocycles. The fourth-order valence-electron chi connectivity index (χ4n) is 23.0. The van der Waals surface area contributed by atoms with Gasteiger partial charge in [-0.05, 0) is 301 Å². The molecule has 0 fully saturated rings. The molecular weight excluding hydrogens is 1500 g/mol. The van der Waals surface area contributed by atoms with Crippen LogP contribution >= 0.6 is 0 Å².